The maximum Gasteiger partial charge on any atom is 0.243 e. The largest absolute Gasteiger partial charge is 0.398 e. The zero-order chi connectivity index (χ0) is 14.9. The minimum atomic E-state index is -3.85. The zero-order valence-electron chi connectivity index (χ0n) is 10.5. The number of rotatable bonds is 4. The smallest absolute Gasteiger partial charge is 0.243 e. The molecule has 0 saturated heterocycles. The van der Waals surface area contributed by atoms with Crippen molar-refractivity contribution in [1.82, 2.24) is 14.3 Å². The van der Waals surface area contributed by atoms with Gasteiger partial charge < -0.3 is 10.3 Å². The Labute approximate surface area is 124 Å². The lowest BCUT2D eigenvalue weighted by Gasteiger charge is -2.10. The van der Waals surface area contributed by atoms with Crippen LogP contribution in [0.1, 0.15) is 5.82 Å². The van der Waals surface area contributed by atoms with Gasteiger partial charge in [-0.25, -0.2) is 22.5 Å². The first-order chi connectivity index (χ1) is 9.31. The number of imidazole rings is 1. The maximum absolute atomic E-state index is 13.3. The average molecular weight is 363 g/mol. The topological polar surface area (TPSA) is 90.0 Å². The first kappa shape index (κ1) is 14.9. The summed E-state index contributed by atoms with van der Waals surface area (Å²) < 4.78 is 41.6. The first-order valence-electron chi connectivity index (χ1n) is 5.51. The van der Waals surface area contributed by atoms with E-state index in [0.717, 1.165) is 12.1 Å². The Hall–Kier alpha value is -1.45. The Balaban J connectivity index is 2.27. The van der Waals surface area contributed by atoms with Crippen LogP contribution in [-0.4, -0.2) is 18.0 Å². The lowest BCUT2D eigenvalue weighted by Crippen LogP contribution is -2.25. The fourth-order valence-corrected chi connectivity index (χ4v) is 3.19. The lowest BCUT2D eigenvalue weighted by atomic mass is 10.3. The minimum Gasteiger partial charge on any atom is -0.398 e. The monoisotopic (exact) mass is 362 g/mol. The molecular formula is C11H12BrFN4O2S. The van der Waals surface area contributed by atoms with Crippen molar-refractivity contribution in [3.63, 3.8) is 0 Å². The number of nitrogens with zero attached hydrogens (tertiary/aromatic N) is 2. The van der Waals surface area contributed by atoms with Crippen molar-refractivity contribution in [1.29, 1.82) is 0 Å². The fraction of sp³-hybridized carbons (Fsp3) is 0.182. The summed E-state index contributed by atoms with van der Waals surface area (Å²) in [6.07, 6.45) is 3.26. The van der Waals surface area contributed by atoms with Crippen LogP contribution >= 0.6 is 15.9 Å². The van der Waals surface area contributed by atoms with Crippen molar-refractivity contribution in [3.05, 3.63) is 40.6 Å². The van der Waals surface area contributed by atoms with Crippen LogP contribution in [0.15, 0.2) is 33.9 Å². The van der Waals surface area contributed by atoms with Crippen molar-refractivity contribution in [3.8, 4) is 0 Å². The summed E-state index contributed by atoms with van der Waals surface area (Å²) in [6, 6.07) is 2.09. The van der Waals surface area contributed by atoms with Gasteiger partial charge in [-0.15, -0.1) is 0 Å². The molecule has 0 aliphatic rings. The van der Waals surface area contributed by atoms with Gasteiger partial charge in [-0.1, -0.05) is 0 Å². The highest BCUT2D eigenvalue weighted by Gasteiger charge is 2.20. The van der Waals surface area contributed by atoms with Crippen molar-refractivity contribution < 1.29 is 12.8 Å². The van der Waals surface area contributed by atoms with E-state index in [1.807, 2.05) is 0 Å². The third kappa shape index (κ3) is 3.00. The minimum absolute atomic E-state index is 0.0142. The molecule has 0 spiro atoms. The number of anilines is 1. The van der Waals surface area contributed by atoms with Gasteiger partial charge in [-0.3, -0.25) is 0 Å². The number of sulfonamides is 1. The van der Waals surface area contributed by atoms with E-state index >= 15 is 0 Å². The van der Waals surface area contributed by atoms with E-state index < -0.39 is 15.8 Å². The number of aromatic nitrogens is 2. The van der Waals surface area contributed by atoms with Crippen LogP contribution in [0.25, 0.3) is 0 Å². The van der Waals surface area contributed by atoms with Crippen LogP contribution in [-0.2, 0) is 23.6 Å². The molecule has 0 unspecified atom stereocenters. The Morgan fingerprint density at radius 3 is 2.80 bits per heavy atom. The van der Waals surface area contributed by atoms with Crippen LogP contribution in [0.5, 0.6) is 0 Å². The molecule has 0 atom stereocenters. The van der Waals surface area contributed by atoms with E-state index in [9.17, 15) is 12.8 Å². The highest BCUT2D eigenvalue weighted by Crippen LogP contribution is 2.26. The summed E-state index contributed by atoms with van der Waals surface area (Å²) in [7, 11) is -2.10. The second-order valence-electron chi connectivity index (χ2n) is 4.08. The molecule has 0 fully saturated rings. The van der Waals surface area contributed by atoms with Crippen LogP contribution < -0.4 is 10.5 Å². The van der Waals surface area contributed by atoms with Gasteiger partial charge in [-0.05, 0) is 28.1 Å². The van der Waals surface area contributed by atoms with Crippen molar-refractivity contribution in [2.24, 2.45) is 7.05 Å². The molecule has 0 saturated carbocycles. The summed E-state index contributed by atoms with van der Waals surface area (Å²) in [5, 5.41) is 0. The van der Waals surface area contributed by atoms with E-state index in [1.165, 1.54) is 0 Å². The average Bonchev–Trinajstić information content (AvgIpc) is 2.77. The predicted octanol–water partition coefficient (Wildman–Crippen LogP) is 1.38. The van der Waals surface area contributed by atoms with E-state index in [2.05, 4.69) is 25.6 Å². The third-order valence-electron chi connectivity index (χ3n) is 2.68. The molecule has 20 heavy (non-hydrogen) atoms. The van der Waals surface area contributed by atoms with Crippen molar-refractivity contribution in [2.75, 3.05) is 5.73 Å². The van der Waals surface area contributed by atoms with Gasteiger partial charge in [-0.2, -0.15) is 0 Å². The molecule has 0 radical (unpaired) electrons. The van der Waals surface area contributed by atoms with Crippen LogP contribution in [0.4, 0.5) is 10.1 Å². The van der Waals surface area contributed by atoms with Gasteiger partial charge in [0.2, 0.25) is 10.0 Å². The summed E-state index contributed by atoms with van der Waals surface area (Å²) >= 11 is 2.93. The van der Waals surface area contributed by atoms with Crippen LogP contribution in [0.2, 0.25) is 0 Å². The standard InChI is InChI=1S/C11H12BrFN4O2S/c1-17-3-2-15-11(17)6-16-20(18,19)10-4-7(12)8(13)5-9(10)14/h2-5,16H,6,14H2,1H3. The fourth-order valence-electron chi connectivity index (χ4n) is 1.58. The van der Waals surface area contributed by atoms with E-state index in [-0.39, 0.29) is 21.6 Å². The molecule has 9 heteroatoms. The molecule has 6 nitrogen and oxygen atoms in total. The maximum atomic E-state index is 13.3. The second-order valence-corrected chi connectivity index (χ2v) is 6.67. The van der Waals surface area contributed by atoms with Crippen molar-refractivity contribution in [2.45, 2.75) is 11.4 Å². The molecule has 0 bridgehead atoms. The van der Waals surface area contributed by atoms with Crippen LogP contribution in [0, 0.1) is 5.82 Å². The first-order valence-corrected chi connectivity index (χ1v) is 7.79. The number of hydrogen-bond acceptors (Lipinski definition) is 4. The molecule has 3 N–H and O–H groups in total. The number of hydrogen-bond donors (Lipinski definition) is 2. The van der Waals surface area contributed by atoms with E-state index in [0.29, 0.717) is 5.82 Å². The number of halogens is 2. The van der Waals surface area contributed by atoms with Gasteiger partial charge >= 0.3 is 0 Å². The highest BCUT2D eigenvalue weighted by molar-refractivity contribution is 9.10. The predicted molar refractivity (Wildman–Crippen MR) is 75.7 cm³/mol. The molecule has 0 aliphatic heterocycles. The zero-order valence-corrected chi connectivity index (χ0v) is 12.9. The highest BCUT2D eigenvalue weighted by atomic mass is 79.9. The number of nitrogen functional groups attached to an aromatic ring is 1. The normalized spacial score (nSPS) is 11.8. The summed E-state index contributed by atoms with van der Waals surface area (Å²) in [5.74, 6) is -0.0705. The van der Waals surface area contributed by atoms with Gasteiger partial charge in [0, 0.05) is 19.4 Å². The third-order valence-corrected chi connectivity index (χ3v) is 4.75. The Kier molecular flexibility index (Phi) is 4.11. The molecular weight excluding hydrogens is 351 g/mol. The number of nitrogens with two attached hydrogens (primary N) is 1. The SMILES string of the molecule is Cn1ccnc1CNS(=O)(=O)c1cc(Br)c(F)cc1N. The van der Waals surface area contributed by atoms with Crippen molar-refractivity contribution >= 4 is 31.6 Å². The molecule has 1 aromatic heterocycles. The quantitative estimate of drug-likeness (QED) is 0.804. The van der Waals surface area contributed by atoms with Gasteiger partial charge in [0.1, 0.15) is 16.5 Å². The van der Waals surface area contributed by atoms with E-state index in [1.54, 1.807) is 24.0 Å². The number of nitrogens with one attached hydrogen (secondary N) is 1. The Morgan fingerprint density at radius 1 is 1.50 bits per heavy atom. The molecule has 0 aliphatic carbocycles. The van der Waals surface area contributed by atoms with Gasteiger partial charge in [0.05, 0.1) is 16.7 Å². The lowest BCUT2D eigenvalue weighted by molar-refractivity contribution is 0.577. The molecule has 1 heterocycles. The molecule has 1 aromatic carbocycles. The summed E-state index contributed by atoms with van der Waals surface area (Å²) in [4.78, 5) is 3.82. The van der Waals surface area contributed by atoms with Gasteiger partial charge in [0.25, 0.3) is 0 Å². The Bertz CT molecular complexity index is 745. The number of benzene rings is 1. The van der Waals surface area contributed by atoms with Gasteiger partial charge in [0.15, 0.2) is 0 Å². The molecule has 108 valence electrons. The molecule has 2 aromatic rings. The summed E-state index contributed by atoms with van der Waals surface area (Å²) in [6.45, 7) is 0.0142. The second kappa shape index (κ2) is 5.51. The Morgan fingerprint density at radius 2 is 2.20 bits per heavy atom. The summed E-state index contributed by atoms with van der Waals surface area (Å²) in [5.41, 5.74) is 5.40. The molecule has 2 rings (SSSR count). The van der Waals surface area contributed by atoms with E-state index in [4.69, 9.17) is 5.73 Å². The number of aryl methyl sites for hydroxylation is 1. The van der Waals surface area contributed by atoms with Crippen LogP contribution in [0.3, 0.4) is 0 Å². The molecule has 0 amide bonds.